The molecule has 0 bridgehead atoms. The second-order valence-electron chi connectivity index (χ2n) is 4.84. The highest BCUT2D eigenvalue weighted by Crippen LogP contribution is 2.35. The van der Waals surface area contributed by atoms with E-state index in [2.05, 4.69) is 28.1 Å². The minimum atomic E-state index is -0.161. The second-order valence-corrected chi connectivity index (χ2v) is 5.75. The Hall–Kier alpha value is -1.35. The Kier molecular flexibility index (Phi) is 3.31. The van der Waals surface area contributed by atoms with E-state index in [9.17, 15) is 4.39 Å². The van der Waals surface area contributed by atoms with Gasteiger partial charge in [-0.1, -0.05) is 40.2 Å². The molecule has 1 nitrogen and oxygen atoms in total. The molecule has 1 unspecified atom stereocenters. The van der Waals surface area contributed by atoms with E-state index >= 15 is 0 Å². The van der Waals surface area contributed by atoms with E-state index in [1.165, 1.54) is 17.2 Å². The summed E-state index contributed by atoms with van der Waals surface area (Å²) in [4.78, 5) is 0.0812. The van der Waals surface area contributed by atoms with Gasteiger partial charge in [0.15, 0.2) is 0 Å². The first-order valence-electron chi connectivity index (χ1n) is 6.31. The summed E-state index contributed by atoms with van der Waals surface area (Å²) >= 11 is 3.70. The molecule has 3 rings (SSSR count). The number of rotatable bonds is 2. The van der Waals surface area contributed by atoms with Crippen LogP contribution in [0.15, 0.2) is 36.4 Å². The lowest BCUT2D eigenvalue weighted by molar-refractivity contribution is 0.357. The van der Waals surface area contributed by atoms with Gasteiger partial charge in [-0.15, -0.1) is 0 Å². The van der Waals surface area contributed by atoms with Crippen LogP contribution in [-0.4, -0.2) is 6.61 Å². The van der Waals surface area contributed by atoms with Gasteiger partial charge in [-0.2, -0.15) is 0 Å². The predicted octanol–water partition coefficient (Wildman–Crippen LogP) is 4.55. The van der Waals surface area contributed by atoms with Crippen molar-refractivity contribution in [2.45, 2.75) is 18.2 Å². The van der Waals surface area contributed by atoms with Crippen molar-refractivity contribution < 1.29 is 9.13 Å². The maximum absolute atomic E-state index is 13.3. The molecular weight excluding hydrogens is 307 g/mol. The van der Waals surface area contributed by atoms with Crippen molar-refractivity contribution in [2.24, 2.45) is 0 Å². The third-order valence-electron chi connectivity index (χ3n) is 3.48. The standard InChI is InChI=1S/C16H14BrFO/c1-10-8-12(2-4-14(10)18)16(17)13-3-5-15-11(9-13)6-7-19-15/h2-5,8-9,16H,6-7H2,1H3. The van der Waals surface area contributed by atoms with Gasteiger partial charge in [0.2, 0.25) is 0 Å². The molecule has 1 aliphatic rings. The molecule has 0 amide bonds. The van der Waals surface area contributed by atoms with Gasteiger partial charge in [0.05, 0.1) is 11.4 Å². The van der Waals surface area contributed by atoms with Crippen LogP contribution in [0, 0.1) is 12.7 Å². The minimum absolute atomic E-state index is 0.0812. The van der Waals surface area contributed by atoms with E-state index in [-0.39, 0.29) is 10.6 Å². The van der Waals surface area contributed by atoms with E-state index in [0.717, 1.165) is 24.3 Å². The number of hydrogen-bond acceptors (Lipinski definition) is 1. The lowest BCUT2D eigenvalue weighted by Crippen LogP contribution is -1.95. The van der Waals surface area contributed by atoms with Gasteiger partial charge >= 0.3 is 0 Å². The van der Waals surface area contributed by atoms with Gasteiger partial charge in [0, 0.05) is 6.42 Å². The zero-order valence-corrected chi connectivity index (χ0v) is 12.2. The first kappa shape index (κ1) is 12.7. The smallest absolute Gasteiger partial charge is 0.126 e. The number of aryl methyl sites for hydroxylation is 1. The maximum Gasteiger partial charge on any atom is 0.126 e. The summed E-state index contributed by atoms with van der Waals surface area (Å²) in [5, 5.41) is 0. The molecule has 3 heteroatoms. The summed E-state index contributed by atoms with van der Waals surface area (Å²) in [6.45, 7) is 2.55. The average Bonchev–Trinajstić information content (AvgIpc) is 2.88. The zero-order valence-electron chi connectivity index (χ0n) is 10.6. The summed E-state index contributed by atoms with van der Waals surface area (Å²) in [6, 6.07) is 11.5. The molecule has 0 radical (unpaired) electrons. The monoisotopic (exact) mass is 320 g/mol. The van der Waals surface area contributed by atoms with Gasteiger partial charge in [0.1, 0.15) is 11.6 Å². The normalized spacial score (nSPS) is 14.9. The quantitative estimate of drug-likeness (QED) is 0.737. The van der Waals surface area contributed by atoms with Crippen LogP contribution >= 0.6 is 15.9 Å². The van der Waals surface area contributed by atoms with Crippen molar-refractivity contribution >= 4 is 15.9 Å². The fourth-order valence-electron chi connectivity index (χ4n) is 2.38. The molecule has 0 N–H and O–H groups in total. The Morgan fingerprint density at radius 3 is 2.68 bits per heavy atom. The number of fused-ring (bicyclic) bond motifs is 1. The van der Waals surface area contributed by atoms with Crippen LogP contribution in [-0.2, 0) is 6.42 Å². The minimum Gasteiger partial charge on any atom is -0.493 e. The fourth-order valence-corrected chi connectivity index (χ4v) is 2.95. The number of halogens is 2. The van der Waals surface area contributed by atoms with Crippen LogP contribution < -0.4 is 4.74 Å². The van der Waals surface area contributed by atoms with Crippen LogP contribution in [0.1, 0.15) is 27.1 Å². The van der Waals surface area contributed by atoms with E-state index in [1.54, 1.807) is 6.92 Å². The molecule has 1 heterocycles. The third-order valence-corrected chi connectivity index (χ3v) is 4.54. The molecule has 0 fully saturated rings. The van der Waals surface area contributed by atoms with Crippen LogP contribution in [0.5, 0.6) is 5.75 Å². The summed E-state index contributed by atoms with van der Waals surface area (Å²) in [5.41, 5.74) is 4.17. The number of hydrogen-bond donors (Lipinski definition) is 0. The maximum atomic E-state index is 13.3. The first-order valence-corrected chi connectivity index (χ1v) is 7.22. The average molecular weight is 321 g/mol. The Balaban J connectivity index is 1.94. The lowest BCUT2D eigenvalue weighted by atomic mass is 10.0. The van der Waals surface area contributed by atoms with Crippen molar-refractivity contribution in [3.8, 4) is 5.75 Å². The summed E-state index contributed by atoms with van der Waals surface area (Å²) in [5.74, 6) is 0.824. The highest BCUT2D eigenvalue weighted by molar-refractivity contribution is 9.09. The third kappa shape index (κ3) is 2.39. The molecular formula is C16H14BrFO. The van der Waals surface area contributed by atoms with E-state index < -0.39 is 0 Å². The van der Waals surface area contributed by atoms with Gasteiger partial charge in [-0.05, 0) is 41.3 Å². The fraction of sp³-hybridized carbons (Fsp3) is 0.250. The Morgan fingerprint density at radius 1 is 1.16 bits per heavy atom. The molecule has 98 valence electrons. The largest absolute Gasteiger partial charge is 0.493 e. The van der Waals surface area contributed by atoms with Crippen LogP contribution in [0.3, 0.4) is 0 Å². The topological polar surface area (TPSA) is 9.23 Å². The molecule has 1 atom stereocenters. The predicted molar refractivity (Wildman–Crippen MR) is 77.5 cm³/mol. The van der Waals surface area contributed by atoms with Crippen molar-refractivity contribution in [3.05, 3.63) is 64.5 Å². The Morgan fingerprint density at radius 2 is 1.89 bits per heavy atom. The van der Waals surface area contributed by atoms with Crippen molar-refractivity contribution in [1.29, 1.82) is 0 Å². The molecule has 2 aromatic rings. The summed E-state index contributed by atoms with van der Waals surface area (Å²) in [7, 11) is 0. The number of alkyl halides is 1. The van der Waals surface area contributed by atoms with Crippen LogP contribution in [0.4, 0.5) is 4.39 Å². The van der Waals surface area contributed by atoms with Crippen molar-refractivity contribution in [3.63, 3.8) is 0 Å². The molecule has 0 aliphatic carbocycles. The van der Waals surface area contributed by atoms with Gasteiger partial charge in [0.25, 0.3) is 0 Å². The number of ether oxygens (including phenoxy) is 1. The molecule has 0 saturated carbocycles. The second kappa shape index (κ2) is 4.97. The first-order chi connectivity index (χ1) is 9.15. The van der Waals surface area contributed by atoms with E-state index in [4.69, 9.17) is 4.74 Å². The van der Waals surface area contributed by atoms with Crippen LogP contribution in [0.2, 0.25) is 0 Å². The van der Waals surface area contributed by atoms with Gasteiger partial charge < -0.3 is 4.74 Å². The molecule has 0 aromatic heterocycles. The SMILES string of the molecule is Cc1cc(C(Br)c2ccc3c(c2)CCO3)ccc1F. The zero-order chi connectivity index (χ0) is 13.4. The van der Waals surface area contributed by atoms with Crippen molar-refractivity contribution in [1.82, 2.24) is 0 Å². The highest BCUT2D eigenvalue weighted by atomic mass is 79.9. The summed E-state index contributed by atoms with van der Waals surface area (Å²) in [6.07, 6.45) is 0.964. The molecule has 0 saturated heterocycles. The summed E-state index contributed by atoms with van der Waals surface area (Å²) < 4.78 is 18.8. The van der Waals surface area contributed by atoms with Gasteiger partial charge in [-0.3, -0.25) is 0 Å². The highest BCUT2D eigenvalue weighted by Gasteiger charge is 2.17. The van der Waals surface area contributed by atoms with Crippen LogP contribution in [0.25, 0.3) is 0 Å². The Bertz CT molecular complexity index is 624. The molecule has 0 spiro atoms. The number of benzene rings is 2. The van der Waals surface area contributed by atoms with E-state index in [0.29, 0.717) is 5.56 Å². The van der Waals surface area contributed by atoms with E-state index in [1.807, 2.05) is 18.2 Å². The lowest BCUT2D eigenvalue weighted by Gasteiger charge is -2.13. The molecule has 2 aromatic carbocycles. The Labute approximate surface area is 120 Å². The van der Waals surface area contributed by atoms with Gasteiger partial charge in [-0.25, -0.2) is 4.39 Å². The molecule has 1 aliphatic heterocycles. The molecule has 19 heavy (non-hydrogen) atoms. The van der Waals surface area contributed by atoms with Crippen molar-refractivity contribution in [2.75, 3.05) is 6.61 Å².